The van der Waals surface area contributed by atoms with Gasteiger partial charge >= 0.3 is 29.6 Å². The van der Waals surface area contributed by atoms with Gasteiger partial charge in [0.15, 0.2) is 0 Å². The molecule has 0 spiro atoms. The number of unbranched alkanes of at least 4 members (excludes halogenated alkanes) is 4. The van der Waals surface area contributed by atoms with Crippen molar-refractivity contribution in [3.8, 4) is 0 Å². The monoisotopic (exact) mass is 510 g/mol. The van der Waals surface area contributed by atoms with Crippen LogP contribution in [-0.4, -0.2) is 73.2 Å². The summed E-state index contributed by atoms with van der Waals surface area (Å²) < 4.78 is 59.9. The van der Waals surface area contributed by atoms with Crippen LogP contribution in [0.3, 0.4) is 0 Å². The number of rotatable bonds is 14. The number of nitrogens with one attached hydrogen (secondary N) is 1. The summed E-state index contributed by atoms with van der Waals surface area (Å²) in [5, 5.41) is 2.40. The molecule has 0 aliphatic rings. The Morgan fingerprint density at radius 1 is 0.906 bits per heavy atom. The first-order valence-corrected chi connectivity index (χ1v) is 13.3. The van der Waals surface area contributed by atoms with Gasteiger partial charge in [0.05, 0.1) is 15.9 Å². The summed E-state index contributed by atoms with van der Waals surface area (Å²) in [6.45, 7) is 4.97. The van der Waals surface area contributed by atoms with E-state index in [4.69, 9.17) is 4.55 Å². The Morgan fingerprint density at radius 2 is 1.47 bits per heavy atom. The SMILES string of the molecule is CC(=O)NCCCS(=O)(=O)O.CCCCCCCC(=O)N(CCCS(=O)(=O)[O-])C(C)=O.[Na+]. The van der Waals surface area contributed by atoms with Gasteiger partial charge in [-0.05, 0) is 19.3 Å². The maximum atomic E-state index is 11.9. The predicted octanol–water partition coefficient (Wildman–Crippen LogP) is -1.94. The van der Waals surface area contributed by atoms with Crippen molar-refractivity contribution in [2.24, 2.45) is 0 Å². The molecule has 0 heterocycles. The average molecular weight is 511 g/mol. The molecule has 32 heavy (non-hydrogen) atoms. The van der Waals surface area contributed by atoms with Crippen LogP contribution in [0.15, 0.2) is 0 Å². The van der Waals surface area contributed by atoms with E-state index in [2.05, 4.69) is 12.2 Å². The van der Waals surface area contributed by atoms with E-state index < -0.39 is 31.9 Å². The van der Waals surface area contributed by atoms with Gasteiger partial charge in [-0.3, -0.25) is 23.8 Å². The maximum absolute atomic E-state index is 11.9. The maximum Gasteiger partial charge on any atom is 1.00 e. The van der Waals surface area contributed by atoms with Crippen LogP contribution in [0.4, 0.5) is 0 Å². The first kappa shape index (κ1) is 36.0. The number of nitrogens with zero attached hydrogens (tertiary/aromatic N) is 1. The molecule has 0 saturated heterocycles. The summed E-state index contributed by atoms with van der Waals surface area (Å²) in [4.78, 5) is 34.5. The van der Waals surface area contributed by atoms with Crippen molar-refractivity contribution >= 4 is 38.0 Å². The van der Waals surface area contributed by atoms with Crippen LogP contribution >= 0.6 is 0 Å². The average Bonchev–Trinajstić information content (AvgIpc) is 2.60. The molecule has 0 fully saturated rings. The zero-order valence-corrected chi connectivity index (χ0v) is 23.1. The largest absolute Gasteiger partial charge is 1.00 e. The van der Waals surface area contributed by atoms with E-state index in [0.29, 0.717) is 0 Å². The fourth-order valence-corrected chi connectivity index (χ4v) is 3.38. The molecule has 0 aromatic carbocycles. The number of carbonyl (C=O) groups excluding carboxylic acids is 3. The van der Waals surface area contributed by atoms with Gasteiger partial charge in [0.25, 0.3) is 10.1 Å². The van der Waals surface area contributed by atoms with Gasteiger partial charge in [-0.15, -0.1) is 0 Å². The van der Waals surface area contributed by atoms with E-state index in [1.54, 1.807) is 0 Å². The van der Waals surface area contributed by atoms with Gasteiger partial charge in [0.2, 0.25) is 17.7 Å². The van der Waals surface area contributed by atoms with Crippen LogP contribution in [0.1, 0.15) is 72.1 Å². The Balaban J connectivity index is -0.000000597. The number of hydrogen-bond acceptors (Lipinski definition) is 8. The molecule has 3 amide bonds. The minimum atomic E-state index is -4.30. The standard InChI is InChI=1S/C13H25NO5S.C5H11NO4S.Na/c1-3-4-5-6-7-9-13(16)14(12(2)15)10-8-11-20(17,18)19;1-5(7)6-3-2-4-11(8,9)10;/h3-11H2,1-2H3,(H,17,18,19);2-4H2,1H3,(H,6,7)(H,8,9,10);/q;;+1/p-1. The van der Waals surface area contributed by atoms with E-state index in [-0.39, 0.29) is 79.5 Å². The number of hydrogen-bond donors (Lipinski definition) is 2. The molecule has 0 radical (unpaired) electrons. The minimum Gasteiger partial charge on any atom is -0.748 e. The molecule has 184 valence electrons. The van der Waals surface area contributed by atoms with E-state index in [1.807, 2.05) is 0 Å². The Kier molecular flexibility index (Phi) is 22.3. The fourth-order valence-electron chi connectivity index (χ4n) is 2.39. The van der Waals surface area contributed by atoms with Crippen LogP contribution in [0, 0.1) is 0 Å². The quantitative estimate of drug-likeness (QED) is 0.153. The summed E-state index contributed by atoms with van der Waals surface area (Å²) >= 11 is 0. The third kappa shape index (κ3) is 27.5. The minimum absolute atomic E-state index is 0. The molecule has 0 atom stereocenters. The zero-order valence-electron chi connectivity index (χ0n) is 19.5. The van der Waals surface area contributed by atoms with Crippen molar-refractivity contribution in [1.82, 2.24) is 10.2 Å². The van der Waals surface area contributed by atoms with Crippen molar-refractivity contribution in [2.45, 2.75) is 72.1 Å². The molecule has 11 nitrogen and oxygen atoms in total. The normalized spacial score (nSPS) is 10.9. The summed E-state index contributed by atoms with van der Waals surface area (Å²) in [5.41, 5.74) is 0. The van der Waals surface area contributed by atoms with Gasteiger partial charge in [-0.2, -0.15) is 8.42 Å². The van der Waals surface area contributed by atoms with Crippen molar-refractivity contribution in [3.05, 3.63) is 0 Å². The fraction of sp³-hybridized carbons (Fsp3) is 0.833. The van der Waals surface area contributed by atoms with Crippen LogP contribution in [0.25, 0.3) is 0 Å². The third-order valence-electron chi connectivity index (χ3n) is 3.90. The Labute approximate surface area is 213 Å². The molecular weight excluding hydrogens is 475 g/mol. The molecular formula is C18H35N2NaO9S2. The molecule has 0 aromatic heterocycles. The second-order valence-electron chi connectivity index (χ2n) is 6.97. The van der Waals surface area contributed by atoms with Crippen molar-refractivity contribution in [1.29, 1.82) is 0 Å². The third-order valence-corrected chi connectivity index (χ3v) is 5.50. The van der Waals surface area contributed by atoms with Crippen LogP contribution in [0.5, 0.6) is 0 Å². The van der Waals surface area contributed by atoms with Crippen molar-refractivity contribution in [2.75, 3.05) is 24.6 Å². The van der Waals surface area contributed by atoms with E-state index in [0.717, 1.165) is 37.0 Å². The number of carbonyl (C=O) groups is 3. The summed E-state index contributed by atoms with van der Waals surface area (Å²) in [5.74, 6) is -1.78. The first-order chi connectivity index (χ1) is 14.2. The van der Waals surface area contributed by atoms with E-state index in [1.165, 1.54) is 13.8 Å². The van der Waals surface area contributed by atoms with Crippen molar-refractivity contribution in [3.63, 3.8) is 0 Å². The molecule has 0 aliphatic carbocycles. The molecule has 0 saturated carbocycles. The molecule has 0 aliphatic heterocycles. The van der Waals surface area contributed by atoms with Gasteiger partial charge < -0.3 is 9.87 Å². The summed E-state index contributed by atoms with van der Waals surface area (Å²) in [6.07, 6.45) is 5.50. The predicted molar refractivity (Wildman–Crippen MR) is 115 cm³/mol. The molecule has 0 bridgehead atoms. The second kappa shape index (κ2) is 19.9. The molecule has 0 aromatic rings. The van der Waals surface area contributed by atoms with E-state index >= 15 is 0 Å². The molecule has 14 heteroatoms. The van der Waals surface area contributed by atoms with Crippen LogP contribution in [0.2, 0.25) is 0 Å². The molecule has 2 N–H and O–H groups in total. The Bertz CT molecular complexity index is 756. The summed E-state index contributed by atoms with van der Waals surface area (Å²) in [6, 6.07) is 0. The summed E-state index contributed by atoms with van der Waals surface area (Å²) in [7, 11) is -8.17. The molecule has 0 unspecified atom stereocenters. The second-order valence-corrected chi connectivity index (χ2v) is 10.1. The van der Waals surface area contributed by atoms with Gasteiger partial charge in [-0.25, -0.2) is 8.42 Å². The van der Waals surface area contributed by atoms with Crippen LogP contribution < -0.4 is 34.9 Å². The smallest absolute Gasteiger partial charge is 0.748 e. The number of amides is 3. The van der Waals surface area contributed by atoms with E-state index in [9.17, 15) is 35.8 Å². The Morgan fingerprint density at radius 3 is 1.91 bits per heavy atom. The topological polar surface area (TPSA) is 178 Å². The van der Waals surface area contributed by atoms with Gasteiger partial charge in [0.1, 0.15) is 0 Å². The van der Waals surface area contributed by atoms with Crippen molar-refractivity contribution < 1.29 is 69.9 Å². The molecule has 0 rings (SSSR count). The first-order valence-electron chi connectivity index (χ1n) is 10.1. The Hall–Kier alpha value is -0.570. The number of imide groups is 1. The zero-order chi connectivity index (χ0) is 24.5. The van der Waals surface area contributed by atoms with Gasteiger partial charge in [0, 0.05) is 39.1 Å². The van der Waals surface area contributed by atoms with Gasteiger partial charge in [-0.1, -0.05) is 32.6 Å². The van der Waals surface area contributed by atoms with Crippen LogP contribution in [-0.2, 0) is 34.6 Å².